The average molecular weight is 456 g/mol. The van der Waals surface area contributed by atoms with Crippen molar-refractivity contribution in [3.63, 3.8) is 0 Å². The normalized spacial score (nSPS) is 10.9. The third-order valence-corrected chi connectivity index (χ3v) is 5.82. The number of para-hydroxylation sites is 3. The highest BCUT2D eigenvalue weighted by Gasteiger charge is 2.26. The molecule has 0 radical (unpaired) electrons. The lowest BCUT2D eigenvalue weighted by Gasteiger charge is -2.31. The molecule has 0 heterocycles. The van der Waals surface area contributed by atoms with Crippen molar-refractivity contribution < 1.29 is 20.1 Å². The Morgan fingerprint density at radius 2 is 1.12 bits per heavy atom. The van der Waals surface area contributed by atoms with Crippen molar-refractivity contribution in [3.05, 3.63) is 94.5 Å². The Kier molecular flexibility index (Phi) is 6.12. The molecular weight excluding hydrogens is 426 g/mol. The molecule has 0 aliphatic carbocycles. The summed E-state index contributed by atoms with van der Waals surface area (Å²) in [6.45, 7) is 9.50. The summed E-state index contributed by atoms with van der Waals surface area (Å²) in [6.07, 6.45) is 0. The molecule has 34 heavy (non-hydrogen) atoms. The van der Waals surface area contributed by atoms with Crippen LogP contribution in [0.1, 0.15) is 27.8 Å². The molecule has 0 amide bonds. The number of hydrogen-bond acceptors (Lipinski definition) is 5. The van der Waals surface area contributed by atoms with E-state index in [0.717, 1.165) is 22.3 Å². The van der Waals surface area contributed by atoms with E-state index in [2.05, 4.69) is 0 Å². The number of hydrogen-bond donors (Lipinski definition) is 3. The number of aryl methyl sites for hydroxylation is 5. The van der Waals surface area contributed by atoms with Crippen LogP contribution in [0.3, 0.4) is 0 Å². The summed E-state index contributed by atoms with van der Waals surface area (Å²) in [5.41, 5.74) is 5.92. The van der Waals surface area contributed by atoms with E-state index in [1.165, 1.54) is 0 Å². The molecule has 0 aliphatic heterocycles. The summed E-state index contributed by atoms with van der Waals surface area (Å²) in [5, 5.41) is 32.7. The zero-order chi connectivity index (χ0) is 24.6. The summed E-state index contributed by atoms with van der Waals surface area (Å²) in [7, 11) is 0. The van der Waals surface area contributed by atoms with Crippen molar-refractivity contribution in [2.45, 2.75) is 34.6 Å². The van der Waals surface area contributed by atoms with Gasteiger partial charge >= 0.3 is 0 Å². The standard InChI is InChI=1S/C29H29NO4/c1-17-13-20(4)27(23(31)15-17)30(28-21(5)14-18(2)16-24(28)32)22-10-6-7-11-25(22)34-26-12-8-9-19(3)29(26)33/h6-16,31-33H,1-5H3. The van der Waals surface area contributed by atoms with Crippen LogP contribution in [0, 0.1) is 34.6 Å². The van der Waals surface area contributed by atoms with Crippen LogP contribution in [0.15, 0.2) is 66.7 Å². The highest BCUT2D eigenvalue weighted by Crippen LogP contribution is 2.50. The van der Waals surface area contributed by atoms with E-state index in [-0.39, 0.29) is 17.2 Å². The molecule has 4 aromatic carbocycles. The number of ether oxygens (including phenoxy) is 1. The zero-order valence-electron chi connectivity index (χ0n) is 20.0. The molecule has 0 fully saturated rings. The average Bonchev–Trinajstić information content (AvgIpc) is 2.75. The number of anilines is 3. The second-order valence-corrected chi connectivity index (χ2v) is 8.73. The van der Waals surface area contributed by atoms with Gasteiger partial charge in [0.05, 0.1) is 17.1 Å². The maximum Gasteiger partial charge on any atom is 0.169 e. The summed E-state index contributed by atoms with van der Waals surface area (Å²) in [6, 6.07) is 20.1. The molecule has 3 N–H and O–H groups in total. The molecule has 174 valence electrons. The van der Waals surface area contributed by atoms with E-state index < -0.39 is 0 Å². The van der Waals surface area contributed by atoms with E-state index in [0.29, 0.717) is 34.1 Å². The minimum absolute atomic E-state index is 0.0626. The number of phenolic OH excluding ortho intramolecular Hbond substituents is 3. The van der Waals surface area contributed by atoms with Crippen molar-refractivity contribution in [1.29, 1.82) is 0 Å². The summed E-state index contributed by atoms with van der Waals surface area (Å²) < 4.78 is 6.20. The van der Waals surface area contributed by atoms with Crippen LogP contribution in [-0.4, -0.2) is 15.3 Å². The Bertz CT molecular complexity index is 1270. The van der Waals surface area contributed by atoms with Gasteiger partial charge in [-0.05, 0) is 92.8 Å². The quantitative estimate of drug-likeness (QED) is 0.289. The van der Waals surface area contributed by atoms with E-state index in [1.807, 2.05) is 82.0 Å². The fourth-order valence-corrected chi connectivity index (χ4v) is 4.37. The Morgan fingerprint density at radius 1 is 0.588 bits per heavy atom. The zero-order valence-corrected chi connectivity index (χ0v) is 20.0. The Balaban J connectivity index is 2.00. The minimum atomic E-state index is 0.0626. The SMILES string of the molecule is Cc1cc(C)c(N(c2ccccc2Oc2cccc(C)c2O)c2c(C)cc(C)cc2O)c(O)c1. The molecule has 0 saturated heterocycles. The fraction of sp³-hybridized carbons (Fsp3) is 0.172. The lowest BCUT2D eigenvalue weighted by atomic mass is 10.0. The van der Waals surface area contributed by atoms with E-state index in [9.17, 15) is 15.3 Å². The van der Waals surface area contributed by atoms with Gasteiger partial charge in [0, 0.05) is 0 Å². The largest absolute Gasteiger partial charge is 0.506 e. The van der Waals surface area contributed by atoms with Crippen LogP contribution in [-0.2, 0) is 0 Å². The van der Waals surface area contributed by atoms with Crippen LogP contribution in [0.2, 0.25) is 0 Å². The molecule has 5 nitrogen and oxygen atoms in total. The van der Waals surface area contributed by atoms with Crippen molar-refractivity contribution in [2.75, 3.05) is 4.90 Å². The predicted octanol–water partition coefficient (Wildman–Crippen LogP) is 7.61. The number of nitrogens with zero attached hydrogens (tertiary/aromatic N) is 1. The number of aromatic hydroxyl groups is 3. The van der Waals surface area contributed by atoms with Crippen molar-refractivity contribution >= 4 is 17.1 Å². The topological polar surface area (TPSA) is 73.2 Å². The number of phenols is 3. The highest BCUT2D eigenvalue weighted by atomic mass is 16.5. The van der Waals surface area contributed by atoms with Gasteiger partial charge in [-0.3, -0.25) is 4.90 Å². The predicted molar refractivity (Wildman–Crippen MR) is 136 cm³/mol. The van der Waals surface area contributed by atoms with E-state index >= 15 is 0 Å². The monoisotopic (exact) mass is 455 g/mol. The van der Waals surface area contributed by atoms with Crippen LogP contribution in [0.4, 0.5) is 17.1 Å². The van der Waals surface area contributed by atoms with Gasteiger partial charge in [0.15, 0.2) is 17.2 Å². The molecule has 4 aromatic rings. The molecule has 4 rings (SSSR count). The van der Waals surface area contributed by atoms with Gasteiger partial charge in [-0.25, -0.2) is 0 Å². The Morgan fingerprint density at radius 3 is 1.68 bits per heavy atom. The first-order chi connectivity index (χ1) is 16.2. The van der Waals surface area contributed by atoms with E-state index in [4.69, 9.17) is 4.74 Å². The highest BCUT2D eigenvalue weighted by molar-refractivity contribution is 5.88. The smallest absolute Gasteiger partial charge is 0.169 e. The molecule has 0 unspecified atom stereocenters. The van der Waals surface area contributed by atoms with Gasteiger partial charge in [0.2, 0.25) is 0 Å². The number of benzene rings is 4. The third-order valence-electron chi connectivity index (χ3n) is 5.82. The maximum atomic E-state index is 11.1. The summed E-state index contributed by atoms with van der Waals surface area (Å²) in [4.78, 5) is 1.82. The molecule has 0 saturated carbocycles. The maximum absolute atomic E-state index is 11.1. The third kappa shape index (κ3) is 4.25. The lowest BCUT2D eigenvalue weighted by molar-refractivity contribution is 0.409. The molecule has 5 heteroatoms. The van der Waals surface area contributed by atoms with Gasteiger partial charge in [-0.15, -0.1) is 0 Å². The lowest BCUT2D eigenvalue weighted by Crippen LogP contribution is -2.14. The molecule has 0 spiro atoms. The fourth-order valence-electron chi connectivity index (χ4n) is 4.37. The molecule has 0 aromatic heterocycles. The van der Waals surface area contributed by atoms with Gasteiger partial charge < -0.3 is 20.1 Å². The van der Waals surface area contributed by atoms with Gasteiger partial charge in [0.1, 0.15) is 11.5 Å². The Hall–Kier alpha value is -4.12. The second kappa shape index (κ2) is 9.02. The van der Waals surface area contributed by atoms with Crippen LogP contribution in [0.5, 0.6) is 28.7 Å². The molecule has 0 atom stereocenters. The van der Waals surface area contributed by atoms with Crippen LogP contribution < -0.4 is 9.64 Å². The van der Waals surface area contributed by atoms with Crippen molar-refractivity contribution in [2.24, 2.45) is 0 Å². The second-order valence-electron chi connectivity index (χ2n) is 8.73. The molecule has 0 bridgehead atoms. The molecule has 0 aliphatic rings. The van der Waals surface area contributed by atoms with Gasteiger partial charge in [-0.1, -0.05) is 36.4 Å². The first-order valence-electron chi connectivity index (χ1n) is 11.1. The number of rotatable bonds is 5. The van der Waals surface area contributed by atoms with Crippen molar-refractivity contribution in [1.82, 2.24) is 0 Å². The molecular formula is C29H29NO4. The van der Waals surface area contributed by atoms with Crippen LogP contribution in [0.25, 0.3) is 0 Å². The van der Waals surface area contributed by atoms with Crippen LogP contribution >= 0.6 is 0 Å². The summed E-state index contributed by atoms with van der Waals surface area (Å²) >= 11 is 0. The Labute approximate surface area is 200 Å². The van der Waals surface area contributed by atoms with Gasteiger partial charge in [-0.2, -0.15) is 0 Å². The minimum Gasteiger partial charge on any atom is -0.506 e. The van der Waals surface area contributed by atoms with Crippen molar-refractivity contribution in [3.8, 4) is 28.7 Å². The summed E-state index contributed by atoms with van der Waals surface area (Å²) in [5.74, 6) is 1.02. The van der Waals surface area contributed by atoms with Gasteiger partial charge in [0.25, 0.3) is 0 Å². The first kappa shape index (κ1) is 23.1. The first-order valence-corrected chi connectivity index (χ1v) is 11.1. The van der Waals surface area contributed by atoms with E-state index in [1.54, 1.807) is 24.3 Å².